The highest BCUT2D eigenvalue weighted by Gasteiger charge is 2.34. The first kappa shape index (κ1) is 24.8. The maximum absolute atomic E-state index is 13.3. The van der Waals surface area contributed by atoms with Gasteiger partial charge in [0.1, 0.15) is 17.2 Å². The molecule has 11 heteroatoms. The van der Waals surface area contributed by atoms with Crippen molar-refractivity contribution < 1.29 is 14.3 Å². The fourth-order valence-corrected chi connectivity index (χ4v) is 4.99. The Hall–Kier alpha value is -3.89. The zero-order valence-corrected chi connectivity index (χ0v) is 22.3. The van der Waals surface area contributed by atoms with E-state index in [2.05, 4.69) is 25.3 Å². The molecule has 37 heavy (non-hydrogen) atoms. The quantitative estimate of drug-likeness (QED) is 0.563. The molecule has 3 amide bonds. The molecule has 0 bridgehead atoms. The lowest BCUT2D eigenvalue weighted by Gasteiger charge is -2.41. The lowest BCUT2D eigenvalue weighted by Crippen LogP contribution is -2.55. The number of nitrogens with one attached hydrogen (secondary N) is 1. The van der Waals surface area contributed by atoms with Gasteiger partial charge in [-0.1, -0.05) is 0 Å². The summed E-state index contributed by atoms with van der Waals surface area (Å²) in [4.78, 5) is 40.7. The van der Waals surface area contributed by atoms with E-state index in [0.717, 1.165) is 16.8 Å². The summed E-state index contributed by atoms with van der Waals surface area (Å²) in [6.45, 7) is 13.9. The molecule has 3 aromatic rings. The predicted octanol–water partition coefficient (Wildman–Crippen LogP) is 3.78. The largest absolute Gasteiger partial charge is 0.444 e. The minimum Gasteiger partial charge on any atom is -0.444 e. The molecule has 2 aliphatic heterocycles. The molecular weight excluding hydrogens is 472 g/mol. The summed E-state index contributed by atoms with van der Waals surface area (Å²) in [5.74, 6) is 1.35. The lowest BCUT2D eigenvalue weighted by molar-refractivity contribution is 0.0159. The number of rotatable bonds is 2. The standard InChI is InChI=1S/C26H34N8O3/c1-16-14-34-22(28-18(3)30-34)13-20(16)29-24(35)33-10-8-19-21(7-9-27-23(19)33)31-11-12-32(17(2)15-31)25(36)37-26(4,5)6/h7,9,13-14,17H,8,10-12,15H2,1-6H3,(H,29,35)/t17-/m1/s1. The van der Waals surface area contributed by atoms with Crippen LogP contribution in [0.4, 0.5) is 26.8 Å². The van der Waals surface area contributed by atoms with E-state index in [1.54, 1.807) is 20.5 Å². The van der Waals surface area contributed by atoms with Crippen molar-refractivity contribution in [1.29, 1.82) is 0 Å². The molecule has 1 saturated heterocycles. The monoisotopic (exact) mass is 506 g/mol. The number of carbonyl (C=O) groups is 2. The molecular formula is C26H34N8O3. The second-order valence-electron chi connectivity index (χ2n) is 10.8. The van der Waals surface area contributed by atoms with Crippen LogP contribution in [0.2, 0.25) is 0 Å². The normalized spacial score (nSPS) is 17.8. The second-order valence-corrected chi connectivity index (χ2v) is 10.8. The Kier molecular flexibility index (Phi) is 6.17. The Labute approximate surface area is 216 Å². The molecule has 196 valence electrons. The number of amides is 3. The van der Waals surface area contributed by atoms with Crippen LogP contribution in [-0.2, 0) is 11.2 Å². The number of aromatic nitrogens is 4. The van der Waals surface area contributed by atoms with Crippen molar-refractivity contribution in [2.24, 2.45) is 0 Å². The van der Waals surface area contributed by atoms with Gasteiger partial charge >= 0.3 is 12.1 Å². The van der Waals surface area contributed by atoms with Crippen LogP contribution in [0.25, 0.3) is 5.65 Å². The number of fused-ring (bicyclic) bond motifs is 2. The van der Waals surface area contributed by atoms with E-state index in [-0.39, 0.29) is 18.2 Å². The molecule has 1 N–H and O–H groups in total. The summed E-state index contributed by atoms with van der Waals surface area (Å²) in [7, 11) is 0. The van der Waals surface area contributed by atoms with Crippen molar-refractivity contribution >= 4 is 35.0 Å². The number of carbonyl (C=O) groups excluding carboxylic acids is 2. The van der Waals surface area contributed by atoms with E-state index in [1.807, 2.05) is 59.9 Å². The maximum Gasteiger partial charge on any atom is 0.410 e. The van der Waals surface area contributed by atoms with Crippen LogP contribution in [0.5, 0.6) is 0 Å². The smallest absolute Gasteiger partial charge is 0.410 e. The maximum atomic E-state index is 13.3. The van der Waals surface area contributed by atoms with Gasteiger partial charge in [-0.05, 0) is 59.6 Å². The molecule has 3 aromatic heterocycles. The SMILES string of the molecule is Cc1nc2cc(NC(=O)N3CCc4c(N5CCN(C(=O)OC(C)(C)C)[C@H](C)C5)ccnc43)c(C)cn2n1. The van der Waals surface area contributed by atoms with Gasteiger partial charge in [-0.2, -0.15) is 5.10 Å². The van der Waals surface area contributed by atoms with E-state index in [4.69, 9.17) is 4.74 Å². The van der Waals surface area contributed by atoms with E-state index >= 15 is 0 Å². The molecule has 0 aromatic carbocycles. The van der Waals surface area contributed by atoms with E-state index < -0.39 is 5.60 Å². The van der Waals surface area contributed by atoms with Crippen LogP contribution >= 0.6 is 0 Å². The third-order valence-electron chi connectivity index (χ3n) is 6.71. The molecule has 5 rings (SSSR count). The van der Waals surface area contributed by atoms with Crippen molar-refractivity contribution in [3.05, 3.63) is 41.5 Å². The number of piperazine rings is 1. The van der Waals surface area contributed by atoms with Crippen LogP contribution in [0.1, 0.15) is 44.6 Å². The summed E-state index contributed by atoms with van der Waals surface area (Å²) in [5.41, 5.74) is 3.86. The van der Waals surface area contributed by atoms with Gasteiger partial charge in [-0.3, -0.25) is 4.90 Å². The third kappa shape index (κ3) is 4.90. The van der Waals surface area contributed by atoms with Crippen molar-refractivity contribution in [2.75, 3.05) is 41.3 Å². The number of pyridine rings is 2. The third-order valence-corrected chi connectivity index (χ3v) is 6.71. The van der Waals surface area contributed by atoms with Gasteiger partial charge in [-0.15, -0.1) is 0 Å². The number of ether oxygens (including phenoxy) is 1. The average molecular weight is 507 g/mol. The fraction of sp³-hybridized carbons (Fsp3) is 0.500. The molecule has 0 radical (unpaired) electrons. The Bertz CT molecular complexity index is 1360. The highest BCUT2D eigenvalue weighted by Crippen LogP contribution is 2.35. The van der Waals surface area contributed by atoms with Gasteiger partial charge in [0.05, 0.1) is 5.69 Å². The summed E-state index contributed by atoms with van der Waals surface area (Å²) >= 11 is 0. The van der Waals surface area contributed by atoms with Crippen LogP contribution in [0.3, 0.4) is 0 Å². The van der Waals surface area contributed by atoms with Gasteiger partial charge in [0.2, 0.25) is 0 Å². The van der Waals surface area contributed by atoms with Gasteiger partial charge in [0.15, 0.2) is 5.65 Å². The van der Waals surface area contributed by atoms with Crippen LogP contribution in [-0.4, -0.2) is 74.4 Å². The highest BCUT2D eigenvalue weighted by atomic mass is 16.6. The average Bonchev–Trinajstić information content (AvgIpc) is 3.40. The molecule has 0 aliphatic carbocycles. The minimum atomic E-state index is -0.525. The highest BCUT2D eigenvalue weighted by molar-refractivity contribution is 6.03. The number of anilines is 3. The molecule has 0 unspecified atom stereocenters. The summed E-state index contributed by atoms with van der Waals surface area (Å²) < 4.78 is 7.29. The minimum absolute atomic E-state index is 0.00750. The van der Waals surface area contributed by atoms with Crippen molar-refractivity contribution in [3.63, 3.8) is 0 Å². The van der Waals surface area contributed by atoms with Gasteiger partial charge in [0, 0.05) is 61.9 Å². The molecule has 2 aliphatic rings. The predicted molar refractivity (Wildman–Crippen MR) is 141 cm³/mol. The van der Waals surface area contributed by atoms with Crippen molar-refractivity contribution in [1.82, 2.24) is 24.5 Å². The second kappa shape index (κ2) is 9.20. The Morgan fingerprint density at radius 2 is 1.95 bits per heavy atom. The Morgan fingerprint density at radius 1 is 1.16 bits per heavy atom. The van der Waals surface area contributed by atoms with E-state index in [9.17, 15) is 9.59 Å². The van der Waals surface area contributed by atoms with E-state index in [1.165, 1.54) is 0 Å². The van der Waals surface area contributed by atoms with Gasteiger partial charge in [-0.25, -0.2) is 24.1 Å². The number of aryl methyl sites for hydroxylation is 2. The molecule has 0 saturated carbocycles. The molecule has 1 atom stereocenters. The zero-order valence-electron chi connectivity index (χ0n) is 22.3. The van der Waals surface area contributed by atoms with Gasteiger partial charge < -0.3 is 19.9 Å². The number of urea groups is 1. The molecule has 11 nitrogen and oxygen atoms in total. The molecule has 5 heterocycles. The zero-order chi connectivity index (χ0) is 26.5. The lowest BCUT2D eigenvalue weighted by atomic mass is 10.1. The first-order chi connectivity index (χ1) is 17.5. The molecule has 1 fully saturated rings. The van der Waals surface area contributed by atoms with Crippen molar-refractivity contribution in [3.8, 4) is 0 Å². The summed E-state index contributed by atoms with van der Waals surface area (Å²) in [6.07, 6.45) is 4.05. The molecule has 0 spiro atoms. The van der Waals surface area contributed by atoms with Crippen LogP contribution < -0.4 is 15.1 Å². The van der Waals surface area contributed by atoms with E-state index in [0.29, 0.717) is 55.6 Å². The number of nitrogens with zero attached hydrogens (tertiary/aromatic N) is 7. The number of hydrogen-bond acceptors (Lipinski definition) is 7. The van der Waals surface area contributed by atoms with Gasteiger partial charge in [0.25, 0.3) is 0 Å². The Morgan fingerprint density at radius 3 is 2.68 bits per heavy atom. The van der Waals surface area contributed by atoms with Crippen molar-refractivity contribution in [2.45, 2.75) is 59.6 Å². The number of hydrogen-bond donors (Lipinski definition) is 1. The van der Waals surface area contributed by atoms with Crippen LogP contribution in [0.15, 0.2) is 24.5 Å². The fourth-order valence-electron chi connectivity index (χ4n) is 4.99. The first-order valence-electron chi connectivity index (χ1n) is 12.6. The first-order valence-corrected chi connectivity index (χ1v) is 12.6. The summed E-state index contributed by atoms with van der Waals surface area (Å²) in [6, 6.07) is 3.60. The van der Waals surface area contributed by atoms with Crippen LogP contribution in [0, 0.1) is 13.8 Å². The summed E-state index contributed by atoms with van der Waals surface area (Å²) in [5, 5.41) is 7.36. The Balaban J connectivity index is 1.31. The topological polar surface area (TPSA) is 108 Å².